The van der Waals surface area contributed by atoms with E-state index in [4.69, 9.17) is 11.6 Å². The second-order valence-corrected chi connectivity index (χ2v) is 8.94. The zero-order chi connectivity index (χ0) is 22.9. The molecule has 1 amide bonds. The Kier molecular flexibility index (Phi) is 6.17. The molecule has 1 atom stereocenters. The van der Waals surface area contributed by atoms with Crippen molar-refractivity contribution in [1.82, 2.24) is 4.90 Å². The zero-order valence-corrected chi connectivity index (χ0v) is 18.1. The highest BCUT2D eigenvalue weighted by Gasteiger charge is 2.46. The van der Waals surface area contributed by atoms with Gasteiger partial charge in [0.15, 0.2) is 0 Å². The lowest BCUT2D eigenvalue weighted by atomic mass is 9.73. The number of fused-ring (bicyclic) bond motifs is 2. The van der Waals surface area contributed by atoms with E-state index in [0.717, 1.165) is 29.9 Å². The molecule has 1 spiro atoms. The summed E-state index contributed by atoms with van der Waals surface area (Å²) in [6.07, 6.45) is 1.59. The number of nitrogens with zero attached hydrogens (tertiary/aromatic N) is 1. The number of hydrogen-bond acceptors (Lipinski definition) is 2. The maximum Gasteiger partial charge on any atom is 0.416 e. The summed E-state index contributed by atoms with van der Waals surface area (Å²) >= 11 is 6.55. The van der Waals surface area contributed by atoms with E-state index in [1.54, 1.807) is 4.90 Å². The number of carbonyl (C=O) groups is 2. The summed E-state index contributed by atoms with van der Waals surface area (Å²) in [6, 6.07) is 11.0. The second-order valence-electron chi connectivity index (χ2n) is 8.53. The molecule has 2 aromatic rings. The van der Waals surface area contributed by atoms with E-state index in [-0.39, 0.29) is 22.8 Å². The van der Waals surface area contributed by atoms with Crippen LogP contribution in [0.2, 0.25) is 5.02 Å². The third-order valence-electron chi connectivity index (χ3n) is 6.74. The number of alkyl halides is 3. The number of carbonyl (C=O) groups excluding carboxylic acids is 2. The van der Waals surface area contributed by atoms with Crippen LogP contribution >= 0.6 is 11.6 Å². The van der Waals surface area contributed by atoms with E-state index < -0.39 is 11.7 Å². The van der Waals surface area contributed by atoms with Gasteiger partial charge in [0.05, 0.1) is 5.56 Å². The quantitative estimate of drug-likeness (QED) is 0.413. The van der Waals surface area contributed by atoms with Gasteiger partial charge in [0, 0.05) is 36.0 Å². The molecule has 32 heavy (non-hydrogen) atoms. The molecule has 7 heteroatoms. The smallest absolute Gasteiger partial charge is 0.339 e. The van der Waals surface area contributed by atoms with Crippen LogP contribution in [-0.2, 0) is 21.2 Å². The number of aldehydes is 1. The Morgan fingerprint density at radius 2 is 1.84 bits per heavy atom. The number of hydrogen-bond donors (Lipinski definition) is 0. The fraction of sp³-hybridized carbons (Fsp3) is 0.360. The summed E-state index contributed by atoms with van der Waals surface area (Å²) in [5.74, 6) is -0.180. The molecule has 1 aliphatic heterocycles. The molecule has 2 aliphatic rings. The van der Waals surface area contributed by atoms with Gasteiger partial charge in [0.2, 0.25) is 5.91 Å². The van der Waals surface area contributed by atoms with Crippen LogP contribution in [0.25, 0.3) is 6.08 Å². The lowest BCUT2D eigenvalue weighted by Gasteiger charge is -2.40. The normalized spacial score (nSPS) is 20.0. The van der Waals surface area contributed by atoms with Crippen molar-refractivity contribution in [2.75, 3.05) is 13.1 Å². The van der Waals surface area contributed by atoms with Crippen molar-refractivity contribution in [2.24, 2.45) is 0 Å². The van der Waals surface area contributed by atoms with E-state index in [1.807, 2.05) is 18.2 Å². The Hall–Kier alpha value is -2.60. The van der Waals surface area contributed by atoms with Crippen LogP contribution in [0.15, 0.2) is 48.5 Å². The number of benzene rings is 2. The third kappa shape index (κ3) is 4.20. The Bertz CT molecular complexity index is 1060. The number of rotatable bonds is 4. The molecule has 0 saturated carbocycles. The first-order valence-corrected chi connectivity index (χ1v) is 11.0. The zero-order valence-electron chi connectivity index (χ0n) is 17.4. The molecular formula is C25H23ClF3NO2. The van der Waals surface area contributed by atoms with E-state index in [9.17, 15) is 22.8 Å². The van der Waals surface area contributed by atoms with E-state index in [0.29, 0.717) is 37.4 Å². The highest BCUT2D eigenvalue weighted by Crippen LogP contribution is 2.54. The van der Waals surface area contributed by atoms with Gasteiger partial charge in [-0.25, -0.2) is 0 Å². The van der Waals surface area contributed by atoms with Gasteiger partial charge in [-0.1, -0.05) is 41.9 Å². The third-order valence-corrected chi connectivity index (χ3v) is 7.05. The summed E-state index contributed by atoms with van der Waals surface area (Å²) in [6.45, 7) is 0.977. The lowest BCUT2D eigenvalue weighted by Crippen LogP contribution is -2.44. The molecule has 1 saturated heterocycles. The predicted molar refractivity (Wildman–Crippen MR) is 117 cm³/mol. The average molecular weight is 462 g/mol. The SMILES string of the molecule is O=CCC1CC2(CCN(C(=O)/C=C/c3ccccc3C(F)(F)F)CC2)c2c(Cl)cccc21. The van der Waals surface area contributed by atoms with E-state index in [2.05, 4.69) is 0 Å². The average Bonchev–Trinajstić information content (AvgIpc) is 3.06. The van der Waals surface area contributed by atoms with Crippen LogP contribution in [0.5, 0.6) is 0 Å². The first kappa shape index (κ1) is 22.6. The molecule has 2 aromatic carbocycles. The fourth-order valence-electron chi connectivity index (χ4n) is 5.23. The monoisotopic (exact) mass is 461 g/mol. The van der Waals surface area contributed by atoms with Crippen molar-refractivity contribution in [2.45, 2.75) is 43.2 Å². The minimum absolute atomic E-state index is 0.0324. The van der Waals surface area contributed by atoms with Crippen molar-refractivity contribution in [3.63, 3.8) is 0 Å². The van der Waals surface area contributed by atoms with Crippen LogP contribution < -0.4 is 0 Å². The molecule has 0 aromatic heterocycles. The molecule has 0 N–H and O–H groups in total. The van der Waals surface area contributed by atoms with Gasteiger partial charge in [-0.3, -0.25) is 4.79 Å². The number of piperidine rings is 1. The van der Waals surface area contributed by atoms with Gasteiger partial charge in [-0.15, -0.1) is 0 Å². The number of likely N-dealkylation sites (tertiary alicyclic amines) is 1. The minimum Gasteiger partial charge on any atom is -0.339 e. The number of halogens is 4. The molecule has 1 heterocycles. The highest BCUT2D eigenvalue weighted by atomic mass is 35.5. The molecule has 1 unspecified atom stereocenters. The van der Waals surface area contributed by atoms with Gasteiger partial charge in [0.25, 0.3) is 0 Å². The first-order valence-electron chi connectivity index (χ1n) is 10.6. The molecule has 0 bridgehead atoms. The van der Waals surface area contributed by atoms with Gasteiger partial charge in [-0.05, 0) is 60.1 Å². The van der Waals surface area contributed by atoms with Crippen LogP contribution in [0.3, 0.4) is 0 Å². The Labute approximate surface area is 189 Å². The standard InChI is InChI=1S/C25H23ClF3NO2/c26-21-7-3-5-19-18(10-15-31)16-24(23(19)21)11-13-30(14-12-24)22(32)9-8-17-4-1-2-6-20(17)25(27,28)29/h1-9,15,18H,10-14,16H2/b9-8+. The molecular weight excluding hydrogens is 439 g/mol. The van der Waals surface area contributed by atoms with Gasteiger partial charge < -0.3 is 9.69 Å². The predicted octanol–water partition coefficient (Wildman–Crippen LogP) is 6.01. The van der Waals surface area contributed by atoms with Crippen LogP contribution in [-0.4, -0.2) is 30.2 Å². The molecule has 0 radical (unpaired) electrons. The fourth-order valence-corrected chi connectivity index (χ4v) is 5.61. The maximum atomic E-state index is 13.2. The van der Waals surface area contributed by atoms with Gasteiger partial charge in [-0.2, -0.15) is 13.2 Å². The molecule has 3 nitrogen and oxygen atoms in total. The molecule has 1 fully saturated rings. The Balaban J connectivity index is 1.49. The summed E-state index contributed by atoms with van der Waals surface area (Å²) < 4.78 is 39.5. The van der Waals surface area contributed by atoms with E-state index in [1.165, 1.54) is 30.4 Å². The first-order chi connectivity index (χ1) is 15.2. The van der Waals surface area contributed by atoms with Crippen molar-refractivity contribution >= 4 is 29.9 Å². The number of amides is 1. The topological polar surface area (TPSA) is 37.4 Å². The Morgan fingerprint density at radius 3 is 2.53 bits per heavy atom. The lowest BCUT2D eigenvalue weighted by molar-refractivity contribution is -0.137. The summed E-state index contributed by atoms with van der Waals surface area (Å²) in [4.78, 5) is 25.5. The van der Waals surface area contributed by atoms with Crippen LogP contribution in [0.4, 0.5) is 13.2 Å². The van der Waals surface area contributed by atoms with Gasteiger partial charge in [0.1, 0.15) is 6.29 Å². The van der Waals surface area contributed by atoms with Crippen molar-refractivity contribution in [3.05, 3.63) is 75.8 Å². The van der Waals surface area contributed by atoms with Crippen molar-refractivity contribution < 1.29 is 22.8 Å². The highest BCUT2D eigenvalue weighted by molar-refractivity contribution is 6.31. The summed E-state index contributed by atoms with van der Waals surface area (Å²) in [5, 5.41) is 0.694. The Morgan fingerprint density at radius 1 is 1.12 bits per heavy atom. The summed E-state index contributed by atoms with van der Waals surface area (Å²) in [5.41, 5.74) is 1.24. The largest absolute Gasteiger partial charge is 0.416 e. The minimum atomic E-state index is -4.48. The molecule has 4 rings (SSSR count). The van der Waals surface area contributed by atoms with Crippen LogP contribution in [0.1, 0.15) is 53.9 Å². The van der Waals surface area contributed by atoms with Crippen molar-refractivity contribution in [1.29, 1.82) is 0 Å². The second kappa shape index (κ2) is 8.74. The van der Waals surface area contributed by atoms with E-state index >= 15 is 0 Å². The maximum absolute atomic E-state index is 13.2. The molecule has 1 aliphatic carbocycles. The molecule has 168 valence electrons. The summed E-state index contributed by atoms with van der Waals surface area (Å²) in [7, 11) is 0. The van der Waals surface area contributed by atoms with Crippen LogP contribution in [0, 0.1) is 0 Å². The van der Waals surface area contributed by atoms with Crippen molar-refractivity contribution in [3.8, 4) is 0 Å². The van der Waals surface area contributed by atoms with Gasteiger partial charge >= 0.3 is 6.18 Å².